The molecule has 0 aliphatic rings. The van der Waals surface area contributed by atoms with Crippen molar-refractivity contribution < 1.29 is 0 Å². The summed E-state index contributed by atoms with van der Waals surface area (Å²) in [5.74, 6) is 0.590. The fourth-order valence-corrected chi connectivity index (χ4v) is 0.854. The van der Waals surface area contributed by atoms with Crippen molar-refractivity contribution >= 4 is 5.95 Å². The standard InChI is InChI=1S/C9H12N4/c1-2-3-4-11-9-12-6-8(5-10)7-13-9/h6-7H,2-4H2,1H3,(H,11,12,13). The Labute approximate surface area is 77.6 Å². The van der Waals surface area contributed by atoms with Gasteiger partial charge in [0.25, 0.3) is 0 Å². The molecule has 0 bridgehead atoms. The molecule has 0 saturated carbocycles. The lowest BCUT2D eigenvalue weighted by atomic mass is 10.3. The molecule has 0 fully saturated rings. The second-order valence-electron chi connectivity index (χ2n) is 2.69. The summed E-state index contributed by atoms with van der Waals surface area (Å²) in [5, 5.41) is 11.6. The number of hydrogen-bond donors (Lipinski definition) is 1. The van der Waals surface area contributed by atoms with Gasteiger partial charge in [0.2, 0.25) is 5.95 Å². The van der Waals surface area contributed by atoms with E-state index >= 15 is 0 Å². The second kappa shape index (κ2) is 5.09. The number of hydrogen-bond acceptors (Lipinski definition) is 4. The van der Waals surface area contributed by atoms with Crippen LogP contribution in [0.25, 0.3) is 0 Å². The van der Waals surface area contributed by atoms with E-state index in [9.17, 15) is 0 Å². The molecule has 1 aromatic rings. The first-order valence-corrected chi connectivity index (χ1v) is 4.33. The molecule has 1 rings (SSSR count). The molecule has 1 N–H and O–H groups in total. The van der Waals surface area contributed by atoms with Crippen LogP contribution in [0.15, 0.2) is 12.4 Å². The zero-order chi connectivity index (χ0) is 9.52. The van der Waals surface area contributed by atoms with Gasteiger partial charge in [0, 0.05) is 6.54 Å². The molecule has 0 aromatic carbocycles. The molecular formula is C9H12N4. The molecule has 0 radical (unpaired) electrons. The van der Waals surface area contributed by atoms with Gasteiger partial charge in [-0.1, -0.05) is 13.3 Å². The molecule has 4 nitrogen and oxygen atoms in total. The highest BCUT2D eigenvalue weighted by Crippen LogP contribution is 1.98. The minimum absolute atomic E-state index is 0.487. The lowest BCUT2D eigenvalue weighted by Gasteiger charge is -2.01. The molecule has 0 saturated heterocycles. The van der Waals surface area contributed by atoms with Crippen molar-refractivity contribution in [3.63, 3.8) is 0 Å². The summed E-state index contributed by atoms with van der Waals surface area (Å²) in [6, 6.07) is 1.97. The van der Waals surface area contributed by atoms with Crippen LogP contribution in [0, 0.1) is 11.3 Å². The molecule has 0 unspecified atom stereocenters. The van der Waals surface area contributed by atoms with Crippen LogP contribution in [-0.4, -0.2) is 16.5 Å². The van der Waals surface area contributed by atoms with Crippen molar-refractivity contribution in [2.24, 2.45) is 0 Å². The van der Waals surface area contributed by atoms with Crippen molar-refractivity contribution in [2.75, 3.05) is 11.9 Å². The van der Waals surface area contributed by atoms with Gasteiger partial charge < -0.3 is 5.32 Å². The maximum absolute atomic E-state index is 8.49. The molecule has 0 aliphatic carbocycles. The highest BCUT2D eigenvalue weighted by atomic mass is 15.1. The molecule has 0 aliphatic heterocycles. The van der Waals surface area contributed by atoms with Crippen LogP contribution >= 0.6 is 0 Å². The first kappa shape index (κ1) is 9.46. The van der Waals surface area contributed by atoms with Crippen LogP contribution in [0.2, 0.25) is 0 Å². The molecule has 13 heavy (non-hydrogen) atoms. The summed E-state index contributed by atoms with van der Waals surface area (Å²) < 4.78 is 0. The van der Waals surface area contributed by atoms with E-state index in [-0.39, 0.29) is 0 Å². The van der Waals surface area contributed by atoms with Gasteiger partial charge in [-0.05, 0) is 6.42 Å². The lowest BCUT2D eigenvalue weighted by molar-refractivity contribution is 0.826. The molecule has 1 heterocycles. The van der Waals surface area contributed by atoms with E-state index in [1.165, 1.54) is 12.4 Å². The molecule has 1 aromatic heterocycles. The number of anilines is 1. The van der Waals surface area contributed by atoms with E-state index < -0.39 is 0 Å². The van der Waals surface area contributed by atoms with E-state index in [0.29, 0.717) is 11.5 Å². The zero-order valence-corrected chi connectivity index (χ0v) is 7.62. The quantitative estimate of drug-likeness (QED) is 0.707. The van der Waals surface area contributed by atoms with Crippen LogP contribution in [0.1, 0.15) is 25.3 Å². The fraction of sp³-hybridized carbons (Fsp3) is 0.444. The van der Waals surface area contributed by atoms with Gasteiger partial charge in [0.05, 0.1) is 18.0 Å². The van der Waals surface area contributed by atoms with Gasteiger partial charge in [0.15, 0.2) is 0 Å². The van der Waals surface area contributed by atoms with Crippen LogP contribution in [0.5, 0.6) is 0 Å². The molecule has 0 amide bonds. The average molecular weight is 176 g/mol. The Balaban J connectivity index is 2.46. The van der Waals surface area contributed by atoms with Gasteiger partial charge in [-0.15, -0.1) is 0 Å². The number of nitriles is 1. The normalized spacial score (nSPS) is 9.23. The molecule has 4 heteroatoms. The van der Waals surface area contributed by atoms with Crippen molar-refractivity contribution in [2.45, 2.75) is 19.8 Å². The number of rotatable bonds is 4. The Bertz CT molecular complexity index is 285. The van der Waals surface area contributed by atoms with E-state index in [2.05, 4.69) is 22.2 Å². The predicted octanol–water partition coefficient (Wildman–Crippen LogP) is 1.56. The van der Waals surface area contributed by atoms with Crippen molar-refractivity contribution in [1.82, 2.24) is 9.97 Å². The van der Waals surface area contributed by atoms with E-state index in [1.807, 2.05) is 6.07 Å². The third-order valence-electron chi connectivity index (χ3n) is 1.59. The van der Waals surface area contributed by atoms with Crippen LogP contribution in [0.3, 0.4) is 0 Å². The minimum atomic E-state index is 0.487. The SMILES string of the molecule is CCCCNc1ncc(C#N)cn1. The monoisotopic (exact) mass is 176 g/mol. The van der Waals surface area contributed by atoms with Gasteiger partial charge in [-0.3, -0.25) is 0 Å². The number of nitrogens with one attached hydrogen (secondary N) is 1. The molecule has 68 valence electrons. The largest absolute Gasteiger partial charge is 0.354 e. The van der Waals surface area contributed by atoms with Gasteiger partial charge >= 0.3 is 0 Å². The maximum Gasteiger partial charge on any atom is 0.222 e. The predicted molar refractivity (Wildman–Crippen MR) is 50.1 cm³/mol. The van der Waals surface area contributed by atoms with Crippen molar-refractivity contribution in [1.29, 1.82) is 5.26 Å². The molecular weight excluding hydrogens is 164 g/mol. The van der Waals surface area contributed by atoms with Gasteiger partial charge in [-0.25, -0.2) is 9.97 Å². The fourth-order valence-electron chi connectivity index (χ4n) is 0.854. The summed E-state index contributed by atoms with van der Waals surface area (Å²) in [5.41, 5.74) is 0.487. The minimum Gasteiger partial charge on any atom is -0.354 e. The van der Waals surface area contributed by atoms with Crippen molar-refractivity contribution in [3.8, 4) is 6.07 Å². The van der Waals surface area contributed by atoms with Gasteiger partial charge in [0.1, 0.15) is 6.07 Å². The number of unbranched alkanes of at least 4 members (excludes halogenated alkanes) is 1. The third-order valence-corrected chi connectivity index (χ3v) is 1.59. The molecule has 0 spiro atoms. The first-order chi connectivity index (χ1) is 6.36. The van der Waals surface area contributed by atoms with Crippen LogP contribution in [-0.2, 0) is 0 Å². The smallest absolute Gasteiger partial charge is 0.222 e. The van der Waals surface area contributed by atoms with E-state index in [0.717, 1.165) is 19.4 Å². The lowest BCUT2D eigenvalue weighted by Crippen LogP contribution is -2.04. The second-order valence-corrected chi connectivity index (χ2v) is 2.69. The summed E-state index contributed by atoms with van der Waals surface area (Å²) in [4.78, 5) is 7.95. The summed E-state index contributed by atoms with van der Waals surface area (Å²) in [7, 11) is 0. The summed E-state index contributed by atoms with van der Waals surface area (Å²) in [6.45, 7) is 3.00. The van der Waals surface area contributed by atoms with Crippen LogP contribution < -0.4 is 5.32 Å². The van der Waals surface area contributed by atoms with Gasteiger partial charge in [-0.2, -0.15) is 5.26 Å². The molecule has 0 atom stereocenters. The van der Waals surface area contributed by atoms with Crippen molar-refractivity contribution in [3.05, 3.63) is 18.0 Å². The van der Waals surface area contributed by atoms with E-state index in [4.69, 9.17) is 5.26 Å². The Morgan fingerprint density at radius 2 is 2.15 bits per heavy atom. The topological polar surface area (TPSA) is 61.6 Å². The first-order valence-electron chi connectivity index (χ1n) is 4.33. The Kier molecular flexibility index (Phi) is 3.71. The highest BCUT2D eigenvalue weighted by Gasteiger charge is 1.94. The number of nitrogens with zero attached hydrogens (tertiary/aromatic N) is 3. The zero-order valence-electron chi connectivity index (χ0n) is 7.62. The Morgan fingerprint density at radius 1 is 1.46 bits per heavy atom. The Hall–Kier alpha value is -1.63. The summed E-state index contributed by atoms with van der Waals surface area (Å²) in [6.07, 6.45) is 5.27. The maximum atomic E-state index is 8.49. The van der Waals surface area contributed by atoms with E-state index in [1.54, 1.807) is 0 Å². The third kappa shape index (κ3) is 3.08. The van der Waals surface area contributed by atoms with Crippen LogP contribution in [0.4, 0.5) is 5.95 Å². The average Bonchev–Trinajstić information content (AvgIpc) is 2.19. The number of aromatic nitrogens is 2. The summed E-state index contributed by atoms with van der Waals surface area (Å²) >= 11 is 0. The Morgan fingerprint density at radius 3 is 2.69 bits per heavy atom. The highest BCUT2D eigenvalue weighted by molar-refractivity contribution is 5.29.